The van der Waals surface area contributed by atoms with Crippen LogP contribution in [0.25, 0.3) is 0 Å². The third-order valence-corrected chi connectivity index (χ3v) is 4.18. The highest BCUT2D eigenvalue weighted by atomic mass is 32.2. The molecule has 0 saturated carbocycles. The maximum atomic E-state index is 12.1. The van der Waals surface area contributed by atoms with Gasteiger partial charge in [0.1, 0.15) is 11.6 Å². The van der Waals surface area contributed by atoms with Gasteiger partial charge in [-0.25, -0.2) is 0 Å². The second kappa shape index (κ2) is 7.27. The minimum Gasteiger partial charge on any atom is -0.370 e. The molecule has 0 aliphatic rings. The van der Waals surface area contributed by atoms with E-state index in [1.807, 2.05) is 0 Å². The monoisotopic (exact) mass is 338 g/mol. The Morgan fingerprint density at radius 3 is 2.83 bits per heavy atom. The molecule has 0 fully saturated rings. The molecule has 124 valence electrons. The molecular weight excluding hydrogens is 320 g/mol. The van der Waals surface area contributed by atoms with Crippen LogP contribution >= 0.6 is 11.8 Å². The molecule has 2 amide bonds. The van der Waals surface area contributed by atoms with Gasteiger partial charge in [0.05, 0.1) is 5.25 Å². The van der Waals surface area contributed by atoms with Crippen molar-refractivity contribution in [2.45, 2.75) is 37.1 Å². The van der Waals surface area contributed by atoms with E-state index >= 15 is 0 Å². The van der Waals surface area contributed by atoms with Gasteiger partial charge in [0.2, 0.25) is 11.8 Å². The third-order valence-electron chi connectivity index (χ3n) is 3.05. The van der Waals surface area contributed by atoms with Gasteiger partial charge in [0.25, 0.3) is 0 Å². The lowest BCUT2D eigenvalue weighted by Crippen LogP contribution is -2.23. The fraction of sp³-hybridized carbons (Fsp3) is 0.462. The van der Waals surface area contributed by atoms with Gasteiger partial charge in [0, 0.05) is 26.0 Å². The number of nitrogens with one attached hydrogen (secondary N) is 1. The van der Waals surface area contributed by atoms with E-state index in [9.17, 15) is 9.59 Å². The summed E-state index contributed by atoms with van der Waals surface area (Å²) < 4.78 is 6.64. The molecule has 1 atom stereocenters. The quantitative estimate of drug-likeness (QED) is 0.709. The predicted molar refractivity (Wildman–Crippen MR) is 83.7 cm³/mol. The summed E-state index contributed by atoms with van der Waals surface area (Å²) in [4.78, 5) is 23.0. The Bertz CT molecular complexity index is 710. The standard InChI is InChI=1S/C13H18N6O3S/c1-7-6-10(18-22-7)15-12(21)8(2)23-13-17-16-11(19(13)3)5-4-9(14)20/h6,8H,4-5H2,1-3H3,(H2,14,20)(H,15,18,21)/t8-/m1/s1. The molecule has 0 aromatic carbocycles. The first-order valence-corrected chi connectivity index (χ1v) is 7.82. The maximum Gasteiger partial charge on any atom is 0.238 e. The van der Waals surface area contributed by atoms with Gasteiger partial charge in [-0.2, -0.15) is 0 Å². The summed E-state index contributed by atoms with van der Waals surface area (Å²) in [5, 5.41) is 14.6. The smallest absolute Gasteiger partial charge is 0.238 e. The van der Waals surface area contributed by atoms with Crippen molar-refractivity contribution in [2.75, 3.05) is 5.32 Å². The molecule has 2 heterocycles. The Morgan fingerprint density at radius 2 is 2.22 bits per heavy atom. The number of hydrogen-bond donors (Lipinski definition) is 2. The minimum atomic E-state index is -0.404. The van der Waals surface area contributed by atoms with E-state index in [1.54, 1.807) is 31.5 Å². The van der Waals surface area contributed by atoms with Crippen LogP contribution in [-0.2, 0) is 23.1 Å². The second-order valence-corrected chi connectivity index (χ2v) is 6.30. The number of rotatable bonds is 7. The van der Waals surface area contributed by atoms with Gasteiger partial charge in [-0.05, 0) is 13.8 Å². The number of hydrogen-bond acceptors (Lipinski definition) is 7. The Balaban J connectivity index is 1.95. The number of aryl methyl sites for hydroxylation is 2. The van der Waals surface area contributed by atoms with Crippen molar-refractivity contribution in [3.05, 3.63) is 17.7 Å². The van der Waals surface area contributed by atoms with Crippen LogP contribution < -0.4 is 11.1 Å². The fourth-order valence-electron chi connectivity index (χ4n) is 1.77. The normalized spacial score (nSPS) is 12.1. The first-order chi connectivity index (χ1) is 10.9. The number of aromatic nitrogens is 4. The number of carbonyl (C=O) groups is 2. The van der Waals surface area contributed by atoms with E-state index in [0.29, 0.717) is 29.0 Å². The summed E-state index contributed by atoms with van der Waals surface area (Å²) in [5.41, 5.74) is 5.12. The molecule has 2 aromatic heterocycles. The van der Waals surface area contributed by atoms with E-state index in [-0.39, 0.29) is 12.3 Å². The number of nitrogens with zero attached hydrogens (tertiary/aromatic N) is 4. The van der Waals surface area contributed by atoms with E-state index in [0.717, 1.165) is 0 Å². The summed E-state index contributed by atoms with van der Waals surface area (Å²) in [6.45, 7) is 3.50. The SMILES string of the molecule is Cc1cc(NC(=O)[C@@H](C)Sc2nnc(CCC(N)=O)n2C)no1. The zero-order chi connectivity index (χ0) is 17.0. The topological polar surface area (TPSA) is 129 Å². The first-order valence-electron chi connectivity index (χ1n) is 6.94. The van der Waals surface area contributed by atoms with Crippen molar-refractivity contribution in [2.24, 2.45) is 12.8 Å². The van der Waals surface area contributed by atoms with Gasteiger partial charge < -0.3 is 20.1 Å². The van der Waals surface area contributed by atoms with Crippen LogP contribution in [0.3, 0.4) is 0 Å². The van der Waals surface area contributed by atoms with Crippen LogP contribution in [0.5, 0.6) is 0 Å². The summed E-state index contributed by atoms with van der Waals surface area (Å²) in [5.74, 6) is 1.03. The van der Waals surface area contributed by atoms with Crippen molar-refractivity contribution >= 4 is 29.4 Å². The first kappa shape index (κ1) is 17.0. The molecule has 0 unspecified atom stereocenters. The molecule has 0 radical (unpaired) electrons. The number of thioether (sulfide) groups is 1. The Labute approximate surface area is 137 Å². The highest BCUT2D eigenvalue weighted by Crippen LogP contribution is 2.23. The molecule has 2 aromatic rings. The van der Waals surface area contributed by atoms with Crippen LogP contribution in [0.4, 0.5) is 5.82 Å². The molecule has 2 rings (SSSR count). The molecule has 10 heteroatoms. The minimum absolute atomic E-state index is 0.207. The Hall–Kier alpha value is -2.36. The average Bonchev–Trinajstić information content (AvgIpc) is 3.04. The number of carbonyl (C=O) groups excluding carboxylic acids is 2. The third kappa shape index (κ3) is 4.55. The lowest BCUT2D eigenvalue weighted by Gasteiger charge is -2.09. The van der Waals surface area contributed by atoms with Crippen LogP contribution in [0.2, 0.25) is 0 Å². The zero-order valence-electron chi connectivity index (χ0n) is 13.1. The molecular formula is C13H18N6O3S. The Morgan fingerprint density at radius 1 is 1.48 bits per heavy atom. The van der Waals surface area contributed by atoms with E-state index in [4.69, 9.17) is 10.3 Å². The van der Waals surface area contributed by atoms with Gasteiger partial charge in [-0.1, -0.05) is 16.9 Å². The van der Waals surface area contributed by atoms with Gasteiger partial charge >= 0.3 is 0 Å². The highest BCUT2D eigenvalue weighted by Gasteiger charge is 2.20. The van der Waals surface area contributed by atoms with Crippen molar-refractivity contribution in [3.8, 4) is 0 Å². The number of anilines is 1. The lowest BCUT2D eigenvalue weighted by atomic mass is 10.3. The van der Waals surface area contributed by atoms with E-state index in [2.05, 4.69) is 20.7 Å². The summed E-state index contributed by atoms with van der Waals surface area (Å²) >= 11 is 1.26. The Kier molecular flexibility index (Phi) is 5.37. The van der Waals surface area contributed by atoms with Crippen molar-refractivity contribution < 1.29 is 14.1 Å². The maximum absolute atomic E-state index is 12.1. The highest BCUT2D eigenvalue weighted by molar-refractivity contribution is 8.00. The molecule has 0 spiro atoms. The second-order valence-electron chi connectivity index (χ2n) is 5.00. The lowest BCUT2D eigenvalue weighted by molar-refractivity contribution is -0.118. The van der Waals surface area contributed by atoms with Crippen molar-refractivity contribution in [1.82, 2.24) is 19.9 Å². The number of nitrogens with two attached hydrogens (primary N) is 1. The average molecular weight is 338 g/mol. The van der Waals surface area contributed by atoms with Gasteiger partial charge in [-0.3, -0.25) is 9.59 Å². The molecule has 3 N–H and O–H groups in total. The van der Waals surface area contributed by atoms with Crippen LogP contribution in [-0.4, -0.2) is 37.0 Å². The van der Waals surface area contributed by atoms with Gasteiger partial charge in [-0.15, -0.1) is 10.2 Å². The zero-order valence-corrected chi connectivity index (χ0v) is 13.9. The molecule has 0 bridgehead atoms. The molecule has 0 saturated heterocycles. The van der Waals surface area contributed by atoms with Crippen molar-refractivity contribution in [3.63, 3.8) is 0 Å². The molecule has 0 aliphatic heterocycles. The van der Waals surface area contributed by atoms with E-state index in [1.165, 1.54) is 11.8 Å². The summed E-state index contributed by atoms with van der Waals surface area (Å²) in [6.07, 6.45) is 0.621. The van der Waals surface area contributed by atoms with E-state index < -0.39 is 11.2 Å². The molecule has 0 aliphatic carbocycles. The van der Waals surface area contributed by atoms with Crippen LogP contribution in [0.1, 0.15) is 24.9 Å². The fourth-order valence-corrected chi connectivity index (χ4v) is 2.60. The summed E-state index contributed by atoms with van der Waals surface area (Å²) in [6, 6.07) is 1.64. The van der Waals surface area contributed by atoms with Gasteiger partial charge in [0.15, 0.2) is 11.0 Å². The molecule has 23 heavy (non-hydrogen) atoms. The van der Waals surface area contributed by atoms with Crippen LogP contribution in [0.15, 0.2) is 15.7 Å². The largest absolute Gasteiger partial charge is 0.370 e. The summed E-state index contributed by atoms with van der Waals surface area (Å²) in [7, 11) is 1.78. The number of primary amides is 1. The molecule has 9 nitrogen and oxygen atoms in total. The number of amides is 2. The predicted octanol–water partition coefficient (Wildman–Crippen LogP) is 0.649. The van der Waals surface area contributed by atoms with Crippen molar-refractivity contribution in [1.29, 1.82) is 0 Å². The van der Waals surface area contributed by atoms with Crippen LogP contribution in [0, 0.1) is 6.92 Å².